The van der Waals surface area contributed by atoms with E-state index in [2.05, 4.69) is 0 Å². The number of halogens is 1. The van der Waals surface area contributed by atoms with Gasteiger partial charge in [0.1, 0.15) is 17.3 Å². The topological polar surface area (TPSA) is 46.5 Å². The van der Waals surface area contributed by atoms with Crippen LogP contribution in [0.3, 0.4) is 0 Å². The average molecular weight is 260 g/mol. The number of hydrogen-bond donors (Lipinski definition) is 1. The monoisotopic (exact) mass is 260 g/mol. The van der Waals surface area contributed by atoms with E-state index in [9.17, 15) is 14.3 Å². The summed E-state index contributed by atoms with van der Waals surface area (Å²) in [7, 11) is 1.47. The Hall–Kier alpha value is -2.36. The number of phenols is 1. The van der Waals surface area contributed by atoms with Gasteiger partial charge in [-0.3, -0.25) is 4.79 Å². The van der Waals surface area contributed by atoms with E-state index >= 15 is 0 Å². The summed E-state index contributed by atoms with van der Waals surface area (Å²) in [6.45, 7) is 1.37. The number of benzene rings is 2. The summed E-state index contributed by atoms with van der Waals surface area (Å²) in [6.07, 6.45) is 0. The van der Waals surface area contributed by atoms with Crippen molar-refractivity contribution in [3.05, 3.63) is 47.8 Å². The zero-order valence-corrected chi connectivity index (χ0v) is 10.6. The second kappa shape index (κ2) is 5.10. The maximum Gasteiger partial charge on any atom is 0.163 e. The number of phenolic OH excluding ortho intramolecular Hbond substituents is 1. The minimum Gasteiger partial charge on any atom is -0.507 e. The zero-order valence-electron chi connectivity index (χ0n) is 10.6. The molecule has 0 aliphatic rings. The highest BCUT2D eigenvalue weighted by Gasteiger charge is 2.14. The van der Waals surface area contributed by atoms with Gasteiger partial charge in [0, 0.05) is 11.6 Å². The number of hydrogen-bond acceptors (Lipinski definition) is 3. The lowest BCUT2D eigenvalue weighted by Gasteiger charge is -2.11. The van der Waals surface area contributed by atoms with Crippen LogP contribution in [0.1, 0.15) is 17.3 Å². The van der Waals surface area contributed by atoms with Gasteiger partial charge in [-0.05, 0) is 30.7 Å². The molecule has 0 fully saturated rings. The lowest BCUT2D eigenvalue weighted by atomic mass is 9.99. The minimum atomic E-state index is -0.340. The molecule has 0 amide bonds. The molecule has 19 heavy (non-hydrogen) atoms. The number of rotatable bonds is 3. The molecule has 0 saturated carbocycles. The summed E-state index contributed by atoms with van der Waals surface area (Å²) in [6, 6.07) is 8.77. The van der Waals surface area contributed by atoms with E-state index in [0.717, 1.165) is 0 Å². The first-order valence-electron chi connectivity index (χ1n) is 5.71. The van der Waals surface area contributed by atoms with Crippen LogP contribution in [0, 0.1) is 5.82 Å². The molecule has 0 atom stereocenters. The zero-order chi connectivity index (χ0) is 14.0. The van der Waals surface area contributed by atoms with Crippen molar-refractivity contribution >= 4 is 5.78 Å². The van der Waals surface area contributed by atoms with Gasteiger partial charge in [0.15, 0.2) is 5.78 Å². The lowest BCUT2D eigenvalue weighted by molar-refractivity contribution is 0.101. The van der Waals surface area contributed by atoms with Gasteiger partial charge >= 0.3 is 0 Å². The van der Waals surface area contributed by atoms with Gasteiger partial charge in [-0.15, -0.1) is 0 Å². The Bertz CT molecular complexity index is 618. The van der Waals surface area contributed by atoms with E-state index in [1.165, 1.54) is 32.2 Å². The third kappa shape index (κ3) is 2.57. The minimum absolute atomic E-state index is 0.129. The van der Waals surface area contributed by atoms with Crippen molar-refractivity contribution in [1.82, 2.24) is 0 Å². The highest BCUT2D eigenvalue weighted by Crippen LogP contribution is 2.35. The maximum absolute atomic E-state index is 12.9. The molecule has 2 aromatic rings. The van der Waals surface area contributed by atoms with E-state index in [1.54, 1.807) is 18.2 Å². The first kappa shape index (κ1) is 13.1. The van der Waals surface area contributed by atoms with Crippen molar-refractivity contribution in [2.75, 3.05) is 7.11 Å². The average Bonchev–Trinajstić information content (AvgIpc) is 2.39. The number of ketones is 1. The van der Waals surface area contributed by atoms with Gasteiger partial charge in [0.25, 0.3) is 0 Å². The molecule has 0 unspecified atom stereocenters. The summed E-state index contributed by atoms with van der Waals surface area (Å²) < 4.78 is 18.1. The molecule has 0 heterocycles. The predicted molar refractivity (Wildman–Crippen MR) is 70.1 cm³/mol. The molecular weight excluding hydrogens is 247 g/mol. The van der Waals surface area contributed by atoms with Gasteiger partial charge in [-0.2, -0.15) is 0 Å². The van der Waals surface area contributed by atoms with Crippen LogP contribution >= 0.6 is 0 Å². The van der Waals surface area contributed by atoms with Crippen molar-refractivity contribution in [2.24, 2.45) is 0 Å². The molecular formula is C15H13FO3. The van der Waals surface area contributed by atoms with Gasteiger partial charge in [0.05, 0.1) is 12.7 Å². The number of methoxy groups -OCH3 is 1. The van der Waals surface area contributed by atoms with Crippen molar-refractivity contribution in [3.8, 4) is 22.6 Å². The van der Waals surface area contributed by atoms with Crippen molar-refractivity contribution in [1.29, 1.82) is 0 Å². The van der Waals surface area contributed by atoms with Crippen LogP contribution < -0.4 is 4.74 Å². The number of carbonyl (C=O) groups excluding carboxylic acids is 1. The molecule has 98 valence electrons. The molecule has 3 nitrogen and oxygen atoms in total. The highest BCUT2D eigenvalue weighted by molar-refractivity contribution is 5.98. The Labute approximate surface area is 110 Å². The van der Waals surface area contributed by atoms with Gasteiger partial charge in [-0.1, -0.05) is 12.1 Å². The number of Topliss-reactive ketones (excluding diaryl/α,β-unsaturated/α-hetero) is 1. The van der Waals surface area contributed by atoms with Gasteiger partial charge < -0.3 is 9.84 Å². The van der Waals surface area contributed by atoms with E-state index in [0.29, 0.717) is 16.9 Å². The Kier molecular flexibility index (Phi) is 3.51. The third-order valence-electron chi connectivity index (χ3n) is 2.85. The first-order valence-corrected chi connectivity index (χ1v) is 5.71. The van der Waals surface area contributed by atoms with Gasteiger partial charge in [0.2, 0.25) is 0 Å². The number of carbonyl (C=O) groups is 1. The maximum atomic E-state index is 12.9. The summed E-state index contributed by atoms with van der Waals surface area (Å²) in [5.41, 5.74) is 1.55. The molecule has 0 radical (unpaired) electrons. The van der Waals surface area contributed by atoms with Gasteiger partial charge in [-0.25, -0.2) is 4.39 Å². The largest absolute Gasteiger partial charge is 0.507 e. The molecule has 0 saturated heterocycles. The first-order chi connectivity index (χ1) is 9.02. The molecule has 2 aromatic carbocycles. The number of aromatic hydroxyl groups is 1. The summed E-state index contributed by atoms with van der Waals surface area (Å²) in [4.78, 5) is 11.4. The molecule has 0 aromatic heterocycles. The fraction of sp³-hybridized carbons (Fsp3) is 0.133. The van der Waals surface area contributed by atoms with Crippen molar-refractivity contribution in [3.63, 3.8) is 0 Å². The molecule has 4 heteroatoms. The van der Waals surface area contributed by atoms with E-state index in [-0.39, 0.29) is 22.9 Å². The molecule has 0 spiro atoms. The Morgan fingerprint density at radius 2 is 1.84 bits per heavy atom. The van der Waals surface area contributed by atoms with E-state index in [4.69, 9.17) is 4.74 Å². The van der Waals surface area contributed by atoms with Crippen LogP contribution in [0.2, 0.25) is 0 Å². The fourth-order valence-corrected chi connectivity index (χ4v) is 1.87. The third-order valence-corrected chi connectivity index (χ3v) is 2.85. The molecule has 0 aliphatic carbocycles. The Morgan fingerprint density at radius 1 is 1.21 bits per heavy atom. The second-order valence-corrected chi connectivity index (χ2v) is 4.13. The van der Waals surface area contributed by atoms with E-state index < -0.39 is 0 Å². The van der Waals surface area contributed by atoms with Crippen LogP contribution in [0.5, 0.6) is 11.5 Å². The summed E-state index contributed by atoms with van der Waals surface area (Å²) in [5.74, 6) is -0.291. The van der Waals surface area contributed by atoms with Crippen LogP contribution in [-0.4, -0.2) is 18.0 Å². The number of ether oxygens (including phenoxy) is 1. The van der Waals surface area contributed by atoms with Crippen LogP contribution in [0.25, 0.3) is 11.1 Å². The molecule has 2 rings (SSSR count). The van der Waals surface area contributed by atoms with Crippen molar-refractivity contribution < 1.29 is 19.0 Å². The molecule has 0 aliphatic heterocycles. The van der Waals surface area contributed by atoms with Crippen molar-refractivity contribution in [2.45, 2.75) is 6.92 Å². The quantitative estimate of drug-likeness (QED) is 0.860. The Balaban J connectivity index is 2.63. The normalized spacial score (nSPS) is 10.3. The standard InChI is InChI=1S/C15H13FO3/c1-9(17)12-7-13(15(19-2)8-14(12)18)10-3-5-11(16)6-4-10/h3-8,18H,1-2H3. The fourth-order valence-electron chi connectivity index (χ4n) is 1.87. The van der Waals surface area contributed by atoms with Crippen LogP contribution in [-0.2, 0) is 0 Å². The summed E-state index contributed by atoms with van der Waals surface area (Å²) >= 11 is 0. The smallest absolute Gasteiger partial charge is 0.163 e. The predicted octanol–water partition coefficient (Wildman–Crippen LogP) is 3.41. The summed E-state index contributed by atoms with van der Waals surface area (Å²) in [5, 5.41) is 9.75. The Morgan fingerprint density at radius 3 is 2.37 bits per heavy atom. The van der Waals surface area contributed by atoms with E-state index in [1.807, 2.05) is 0 Å². The molecule has 0 bridgehead atoms. The van der Waals surface area contributed by atoms with Crippen LogP contribution in [0.4, 0.5) is 4.39 Å². The highest BCUT2D eigenvalue weighted by atomic mass is 19.1. The molecule has 1 N–H and O–H groups in total. The lowest BCUT2D eigenvalue weighted by Crippen LogP contribution is -1.96. The van der Waals surface area contributed by atoms with Crippen LogP contribution in [0.15, 0.2) is 36.4 Å². The second-order valence-electron chi connectivity index (χ2n) is 4.13. The SMILES string of the molecule is COc1cc(O)c(C(C)=O)cc1-c1ccc(F)cc1.